The first kappa shape index (κ1) is 16.2. The Kier molecular flexibility index (Phi) is 5.22. The highest BCUT2D eigenvalue weighted by atomic mass is 32.1. The van der Waals surface area contributed by atoms with Crippen LogP contribution in [0.5, 0.6) is 0 Å². The van der Waals surface area contributed by atoms with Crippen LogP contribution in [0.25, 0.3) is 0 Å². The predicted octanol–water partition coefficient (Wildman–Crippen LogP) is 4.35. The van der Waals surface area contributed by atoms with Gasteiger partial charge in [0.1, 0.15) is 5.01 Å². The third kappa shape index (κ3) is 4.17. The summed E-state index contributed by atoms with van der Waals surface area (Å²) in [5, 5.41) is 6.89. The van der Waals surface area contributed by atoms with Crippen LogP contribution >= 0.6 is 11.3 Å². The Morgan fingerprint density at radius 1 is 1.33 bits per heavy atom. The summed E-state index contributed by atoms with van der Waals surface area (Å²) in [5.74, 6) is 0. The van der Waals surface area contributed by atoms with Crippen LogP contribution in [0.3, 0.4) is 0 Å². The van der Waals surface area contributed by atoms with E-state index in [9.17, 15) is 0 Å². The van der Waals surface area contributed by atoms with Gasteiger partial charge in [0, 0.05) is 29.2 Å². The van der Waals surface area contributed by atoms with Crippen molar-refractivity contribution in [3.8, 4) is 0 Å². The highest BCUT2D eigenvalue weighted by molar-refractivity contribution is 7.09. The summed E-state index contributed by atoms with van der Waals surface area (Å²) < 4.78 is 2.24. The first-order valence-electron chi connectivity index (χ1n) is 7.78. The van der Waals surface area contributed by atoms with Crippen molar-refractivity contribution in [3.05, 3.63) is 40.1 Å². The molecule has 0 aliphatic rings. The Labute approximate surface area is 132 Å². The van der Waals surface area contributed by atoms with Gasteiger partial charge in [-0.3, -0.25) is 0 Å². The standard InChI is InChI=1S/C17H27N3S/c1-6-14(18-7-2)13-8-9-20(10-13)11-16-19-15(12-21-16)17(3,4)5/h8-10,12,14,18H,6-7,11H2,1-5H3. The molecule has 1 atom stereocenters. The van der Waals surface area contributed by atoms with Crippen LogP contribution in [-0.2, 0) is 12.0 Å². The summed E-state index contributed by atoms with van der Waals surface area (Å²) >= 11 is 1.76. The number of thiazole rings is 1. The van der Waals surface area contributed by atoms with Crippen molar-refractivity contribution < 1.29 is 0 Å². The van der Waals surface area contributed by atoms with Gasteiger partial charge in [-0.2, -0.15) is 0 Å². The van der Waals surface area contributed by atoms with Crippen molar-refractivity contribution in [2.24, 2.45) is 0 Å². The highest BCUT2D eigenvalue weighted by Gasteiger charge is 2.17. The zero-order chi connectivity index (χ0) is 15.5. The summed E-state index contributed by atoms with van der Waals surface area (Å²) in [6.07, 6.45) is 5.52. The minimum Gasteiger partial charge on any atom is -0.347 e. The van der Waals surface area contributed by atoms with Crippen LogP contribution in [0.2, 0.25) is 0 Å². The lowest BCUT2D eigenvalue weighted by molar-refractivity contribution is 0.536. The third-order valence-corrected chi connectivity index (χ3v) is 4.51. The predicted molar refractivity (Wildman–Crippen MR) is 91.1 cm³/mol. The lowest BCUT2D eigenvalue weighted by atomic mass is 9.93. The van der Waals surface area contributed by atoms with E-state index in [0.29, 0.717) is 6.04 Å². The summed E-state index contributed by atoms with van der Waals surface area (Å²) in [4.78, 5) is 4.77. The molecule has 1 N–H and O–H groups in total. The molecule has 0 radical (unpaired) electrons. The highest BCUT2D eigenvalue weighted by Crippen LogP contribution is 2.24. The first-order chi connectivity index (χ1) is 9.94. The zero-order valence-corrected chi connectivity index (χ0v) is 14.6. The lowest BCUT2D eigenvalue weighted by Crippen LogP contribution is -2.19. The zero-order valence-electron chi connectivity index (χ0n) is 13.8. The molecule has 3 nitrogen and oxygen atoms in total. The molecule has 0 saturated carbocycles. The molecule has 2 aromatic rings. The van der Waals surface area contributed by atoms with E-state index in [1.54, 1.807) is 11.3 Å². The number of hydrogen-bond donors (Lipinski definition) is 1. The number of aromatic nitrogens is 2. The fraction of sp³-hybridized carbons (Fsp3) is 0.588. The van der Waals surface area contributed by atoms with Gasteiger partial charge >= 0.3 is 0 Å². The number of nitrogens with one attached hydrogen (secondary N) is 1. The minimum absolute atomic E-state index is 0.134. The van der Waals surface area contributed by atoms with E-state index in [4.69, 9.17) is 4.98 Å². The SMILES string of the molecule is CCNC(CC)c1ccn(Cc2nc(C(C)(C)C)cs2)c1. The molecule has 116 valence electrons. The van der Waals surface area contributed by atoms with Crippen molar-refractivity contribution in [1.29, 1.82) is 0 Å². The second kappa shape index (κ2) is 6.75. The van der Waals surface area contributed by atoms with Crippen molar-refractivity contribution in [2.45, 2.75) is 59.0 Å². The Hall–Kier alpha value is -1.13. The Bertz CT molecular complexity index is 563. The molecule has 2 heterocycles. The number of rotatable bonds is 6. The van der Waals surface area contributed by atoms with Gasteiger partial charge in [-0.15, -0.1) is 11.3 Å². The topological polar surface area (TPSA) is 29.9 Å². The Morgan fingerprint density at radius 2 is 2.10 bits per heavy atom. The smallest absolute Gasteiger partial charge is 0.113 e. The Morgan fingerprint density at radius 3 is 2.67 bits per heavy atom. The largest absolute Gasteiger partial charge is 0.347 e. The van der Waals surface area contributed by atoms with E-state index < -0.39 is 0 Å². The van der Waals surface area contributed by atoms with Gasteiger partial charge in [0.2, 0.25) is 0 Å². The van der Waals surface area contributed by atoms with Crippen molar-refractivity contribution in [1.82, 2.24) is 14.9 Å². The summed E-state index contributed by atoms with van der Waals surface area (Å²) in [6.45, 7) is 12.9. The first-order valence-corrected chi connectivity index (χ1v) is 8.66. The van der Waals surface area contributed by atoms with Crippen LogP contribution in [0.15, 0.2) is 23.8 Å². The normalized spacial score (nSPS) is 13.6. The van der Waals surface area contributed by atoms with E-state index >= 15 is 0 Å². The molecule has 0 aliphatic carbocycles. The van der Waals surface area contributed by atoms with Crippen molar-refractivity contribution in [3.63, 3.8) is 0 Å². The van der Waals surface area contributed by atoms with Gasteiger partial charge in [0.25, 0.3) is 0 Å². The molecule has 4 heteroatoms. The average Bonchev–Trinajstić information content (AvgIpc) is 3.05. The quantitative estimate of drug-likeness (QED) is 0.860. The molecule has 0 bridgehead atoms. The molecular weight excluding hydrogens is 278 g/mol. The maximum Gasteiger partial charge on any atom is 0.113 e. The van der Waals surface area contributed by atoms with Gasteiger partial charge in [0.05, 0.1) is 12.2 Å². The maximum atomic E-state index is 4.77. The van der Waals surface area contributed by atoms with E-state index in [2.05, 4.69) is 68.3 Å². The molecule has 0 spiro atoms. The monoisotopic (exact) mass is 305 g/mol. The molecule has 21 heavy (non-hydrogen) atoms. The molecule has 2 aromatic heterocycles. The second-order valence-corrected chi connectivity index (χ2v) is 7.45. The van der Waals surface area contributed by atoms with Crippen molar-refractivity contribution >= 4 is 11.3 Å². The third-order valence-electron chi connectivity index (χ3n) is 3.67. The van der Waals surface area contributed by atoms with Gasteiger partial charge in [-0.25, -0.2) is 4.98 Å². The van der Waals surface area contributed by atoms with Gasteiger partial charge in [0.15, 0.2) is 0 Å². The molecule has 0 fully saturated rings. The number of hydrogen-bond acceptors (Lipinski definition) is 3. The van der Waals surface area contributed by atoms with Gasteiger partial charge in [-0.05, 0) is 24.6 Å². The minimum atomic E-state index is 0.134. The van der Waals surface area contributed by atoms with Gasteiger partial charge in [-0.1, -0.05) is 34.6 Å². The van der Waals surface area contributed by atoms with Gasteiger partial charge < -0.3 is 9.88 Å². The molecule has 0 saturated heterocycles. The number of nitrogens with zero attached hydrogens (tertiary/aromatic N) is 2. The summed E-state index contributed by atoms with van der Waals surface area (Å²) in [7, 11) is 0. The summed E-state index contributed by atoms with van der Waals surface area (Å²) in [5.41, 5.74) is 2.69. The van der Waals surface area contributed by atoms with E-state index in [1.165, 1.54) is 16.3 Å². The molecule has 0 aromatic carbocycles. The fourth-order valence-electron chi connectivity index (χ4n) is 2.39. The van der Waals surface area contributed by atoms with E-state index in [-0.39, 0.29) is 5.41 Å². The molecular formula is C17H27N3S. The van der Waals surface area contributed by atoms with Crippen molar-refractivity contribution in [2.75, 3.05) is 6.54 Å². The molecule has 0 amide bonds. The van der Waals surface area contributed by atoms with Crippen LogP contribution in [0.1, 0.15) is 63.3 Å². The lowest BCUT2D eigenvalue weighted by Gasteiger charge is -2.14. The van der Waals surface area contributed by atoms with E-state index in [0.717, 1.165) is 19.5 Å². The van der Waals surface area contributed by atoms with E-state index in [1.807, 2.05) is 0 Å². The van der Waals surface area contributed by atoms with Crippen LogP contribution in [0, 0.1) is 0 Å². The fourth-order valence-corrected chi connectivity index (χ4v) is 3.42. The van der Waals surface area contributed by atoms with Crippen LogP contribution in [-0.4, -0.2) is 16.1 Å². The molecule has 1 unspecified atom stereocenters. The van der Waals surface area contributed by atoms with Crippen LogP contribution < -0.4 is 5.32 Å². The second-order valence-electron chi connectivity index (χ2n) is 6.51. The average molecular weight is 305 g/mol. The summed E-state index contributed by atoms with van der Waals surface area (Å²) in [6, 6.07) is 2.67. The Balaban J connectivity index is 2.07. The van der Waals surface area contributed by atoms with Crippen LogP contribution in [0.4, 0.5) is 0 Å². The molecule has 0 aliphatic heterocycles. The maximum absolute atomic E-state index is 4.77. The molecule has 2 rings (SSSR count).